The molecule has 0 spiro atoms. The maximum Gasteiger partial charge on any atom is 0.0620 e. The Kier molecular flexibility index (Phi) is 13.0. The molecule has 6 aliphatic rings. The van der Waals surface area contributed by atoms with Crippen LogP contribution in [0.25, 0.3) is 66.1 Å². The molecule has 11 aromatic rings. The van der Waals surface area contributed by atoms with E-state index in [1.165, 1.54) is 154 Å². The van der Waals surface area contributed by atoms with Crippen LogP contribution < -0.4 is 9.80 Å². The monoisotopic (exact) mass is 1100 g/mol. The Morgan fingerprint density at radius 1 is 0.259 bits per heavy atom. The molecule has 6 bridgehead atoms. The predicted octanol–water partition coefficient (Wildman–Crippen LogP) is 23.2. The van der Waals surface area contributed by atoms with Gasteiger partial charge < -0.3 is 9.80 Å². The zero-order valence-corrected chi connectivity index (χ0v) is 49.4. The first-order chi connectivity index (χ1) is 41.8. The summed E-state index contributed by atoms with van der Waals surface area (Å²) >= 11 is 0. The van der Waals surface area contributed by atoms with Crippen LogP contribution in [0.15, 0.2) is 255 Å². The SMILES string of the molecule is CC1CC2CC(C)CC(c3ccc4c(N(c5ccc(-c6ccccc6)cc5)c5ccc(-c6ccccc6)cc5)c5cc(C67CC8CC(CC(C8)C6)C7)ccc5c(N(c5ccc(-c6ccccc6)cc5)c5ccc(-c6ccccc6)cc5)c4c3)(C1)C2. The molecule has 6 saturated carbocycles. The Labute approximate surface area is 503 Å². The molecule has 17 rings (SSSR count). The quantitative estimate of drug-likeness (QED) is 0.0889. The van der Waals surface area contributed by atoms with Crippen LogP contribution in [-0.2, 0) is 10.8 Å². The third-order valence-electron chi connectivity index (χ3n) is 21.3. The zero-order valence-electron chi connectivity index (χ0n) is 49.4. The summed E-state index contributed by atoms with van der Waals surface area (Å²) in [4.78, 5) is 5.29. The average Bonchev–Trinajstić information content (AvgIpc) is 3.20. The lowest BCUT2D eigenvalue weighted by Crippen LogP contribution is -2.48. The highest BCUT2D eigenvalue weighted by Crippen LogP contribution is 2.63. The molecule has 0 saturated heterocycles. The van der Waals surface area contributed by atoms with Gasteiger partial charge >= 0.3 is 0 Å². The highest BCUT2D eigenvalue weighted by molar-refractivity contribution is 6.23. The zero-order chi connectivity index (χ0) is 56.6. The van der Waals surface area contributed by atoms with Crippen molar-refractivity contribution < 1.29 is 0 Å². The Hall–Kier alpha value is -8.46. The lowest BCUT2D eigenvalue weighted by Gasteiger charge is -2.57. The van der Waals surface area contributed by atoms with Crippen LogP contribution in [-0.4, -0.2) is 0 Å². The van der Waals surface area contributed by atoms with Gasteiger partial charge in [0.1, 0.15) is 0 Å². The molecule has 0 aromatic heterocycles. The van der Waals surface area contributed by atoms with Crippen molar-refractivity contribution >= 4 is 55.7 Å². The summed E-state index contributed by atoms with van der Waals surface area (Å²) in [6, 6.07) is 97.3. The van der Waals surface area contributed by atoms with Gasteiger partial charge in [-0.1, -0.05) is 208 Å². The molecular formula is C83H76N2. The van der Waals surface area contributed by atoms with Crippen molar-refractivity contribution in [1.29, 1.82) is 0 Å². The summed E-state index contributed by atoms with van der Waals surface area (Å²) in [6.45, 7) is 5.08. The molecule has 418 valence electrons. The molecule has 0 N–H and O–H groups in total. The standard InChI is InChI=1S/C83H76N2/c1-56-43-58-44-57(2)51-82(50-56,52-58)70-31-41-76-78(48-70)80(84(72-33-23-66(24-34-72)62-15-7-3-8-16-62)73-35-25-67(26-36-73)63-17-9-4-10-18-63)77-42-32-71(83-53-59-45-60(54-83)47-61(46-59)55-83)49-79(77)81(76)85(74-37-27-68(28-38-74)64-19-11-5-12-20-64)75-39-29-69(30-40-75)65-21-13-6-14-22-65/h3-42,48-49,56-61H,43-47,50-55H2,1-2H3. The Morgan fingerprint density at radius 3 is 0.812 bits per heavy atom. The van der Waals surface area contributed by atoms with Crippen LogP contribution in [0, 0.1) is 35.5 Å². The van der Waals surface area contributed by atoms with E-state index in [0.29, 0.717) is 11.8 Å². The molecule has 6 aliphatic carbocycles. The van der Waals surface area contributed by atoms with Crippen LogP contribution in [0.1, 0.15) is 95.6 Å². The van der Waals surface area contributed by atoms with Gasteiger partial charge in [-0.25, -0.2) is 0 Å². The van der Waals surface area contributed by atoms with Crippen molar-refractivity contribution in [3.63, 3.8) is 0 Å². The number of rotatable bonds is 12. The van der Waals surface area contributed by atoms with Crippen molar-refractivity contribution in [2.45, 2.75) is 95.3 Å². The topological polar surface area (TPSA) is 6.48 Å². The number of nitrogens with zero attached hydrogens (tertiary/aromatic N) is 2. The third kappa shape index (κ3) is 9.48. The molecule has 0 aliphatic heterocycles. The van der Waals surface area contributed by atoms with E-state index in [2.05, 4.69) is 278 Å². The van der Waals surface area contributed by atoms with E-state index < -0.39 is 0 Å². The molecule has 6 fully saturated rings. The molecule has 2 nitrogen and oxygen atoms in total. The normalized spacial score (nSPS) is 23.9. The molecule has 2 heteroatoms. The molecule has 2 unspecified atom stereocenters. The van der Waals surface area contributed by atoms with Crippen molar-refractivity contribution in [3.05, 3.63) is 266 Å². The lowest BCUT2D eigenvalue weighted by atomic mass is 9.48. The molecule has 0 amide bonds. The van der Waals surface area contributed by atoms with Gasteiger partial charge in [-0.3, -0.25) is 0 Å². The Balaban J connectivity index is 1.00. The maximum atomic E-state index is 2.74. The number of fused-ring (bicyclic) bond motifs is 4. The second-order valence-electron chi connectivity index (χ2n) is 27.2. The van der Waals surface area contributed by atoms with Crippen LogP contribution in [0.3, 0.4) is 0 Å². The number of anilines is 6. The molecule has 2 atom stereocenters. The Bertz CT molecular complexity index is 3970. The van der Waals surface area contributed by atoms with Crippen LogP contribution in [0.4, 0.5) is 34.1 Å². The van der Waals surface area contributed by atoms with Gasteiger partial charge in [0, 0.05) is 44.3 Å². The molecule has 85 heavy (non-hydrogen) atoms. The van der Waals surface area contributed by atoms with Gasteiger partial charge in [0.05, 0.1) is 11.4 Å². The fourth-order valence-corrected chi connectivity index (χ4v) is 18.4. The van der Waals surface area contributed by atoms with E-state index in [9.17, 15) is 0 Å². The number of hydrogen-bond donors (Lipinski definition) is 0. The first kappa shape index (κ1) is 52.1. The molecule has 11 aromatic carbocycles. The second kappa shape index (κ2) is 21.2. The minimum atomic E-state index is 0.114. The van der Waals surface area contributed by atoms with Gasteiger partial charge in [-0.05, 0) is 233 Å². The smallest absolute Gasteiger partial charge is 0.0620 e. The predicted molar refractivity (Wildman–Crippen MR) is 359 cm³/mol. The highest BCUT2D eigenvalue weighted by atomic mass is 15.2. The van der Waals surface area contributed by atoms with Crippen molar-refractivity contribution in [2.75, 3.05) is 9.80 Å². The first-order valence-corrected chi connectivity index (χ1v) is 32.1. The summed E-state index contributed by atoms with van der Waals surface area (Å²) < 4.78 is 0. The largest absolute Gasteiger partial charge is 0.309 e. The van der Waals surface area contributed by atoms with Crippen molar-refractivity contribution in [3.8, 4) is 44.5 Å². The van der Waals surface area contributed by atoms with Gasteiger partial charge in [0.25, 0.3) is 0 Å². The van der Waals surface area contributed by atoms with E-state index in [1.807, 2.05) is 0 Å². The third-order valence-corrected chi connectivity index (χ3v) is 21.3. The van der Waals surface area contributed by atoms with Crippen LogP contribution in [0.5, 0.6) is 0 Å². The van der Waals surface area contributed by atoms with Crippen molar-refractivity contribution in [1.82, 2.24) is 0 Å². The average molecular weight is 1100 g/mol. The Morgan fingerprint density at radius 2 is 0.518 bits per heavy atom. The second-order valence-corrected chi connectivity index (χ2v) is 27.2. The molecule has 0 radical (unpaired) electrons. The number of hydrogen-bond acceptors (Lipinski definition) is 2. The van der Waals surface area contributed by atoms with E-state index in [0.717, 1.165) is 46.4 Å². The summed E-state index contributed by atoms with van der Waals surface area (Å²) in [5.41, 5.74) is 20.3. The van der Waals surface area contributed by atoms with Crippen LogP contribution >= 0.6 is 0 Å². The summed E-state index contributed by atoms with van der Waals surface area (Å²) in [7, 11) is 0. The van der Waals surface area contributed by atoms with E-state index in [-0.39, 0.29) is 10.8 Å². The summed E-state index contributed by atoms with van der Waals surface area (Å²) in [6.07, 6.45) is 14.6. The first-order valence-electron chi connectivity index (χ1n) is 32.1. The fourth-order valence-electron chi connectivity index (χ4n) is 18.4. The van der Waals surface area contributed by atoms with Crippen molar-refractivity contribution in [2.24, 2.45) is 35.5 Å². The molecule has 0 heterocycles. The summed E-state index contributed by atoms with van der Waals surface area (Å²) in [5.74, 6) is 4.61. The number of benzene rings is 11. The van der Waals surface area contributed by atoms with Gasteiger partial charge in [0.2, 0.25) is 0 Å². The van der Waals surface area contributed by atoms with Gasteiger partial charge in [-0.15, -0.1) is 0 Å². The van der Waals surface area contributed by atoms with Crippen LogP contribution in [0.2, 0.25) is 0 Å². The minimum absolute atomic E-state index is 0.114. The minimum Gasteiger partial charge on any atom is -0.309 e. The van der Waals surface area contributed by atoms with E-state index >= 15 is 0 Å². The fraction of sp³-hybridized carbons (Fsp3) is 0.253. The lowest BCUT2D eigenvalue weighted by molar-refractivity contribution is -0.00512. The summed E-state index contributed by atoms with van der Waals surface area (Å²) in [5, 5.41) is 5.17. The highest BCUT2D eigenvalue weighted by Gasteiger charge is 2.52. The maximum absolute atomic E-state index is 2.74. The van der Waals surface area contributed by atoms with Gasteiger partial charge in [0.15, 0.2) is 0 Å². The van der Waals surface area contributed by atoms with E-state index in [4.69, 9.17) is 0 Å². The van der Waals surface area contributed by atoms with E-state index in [1.54, 1.807) is 5.56 Å². The molecular weight excluding hydrogens is 1020 g/mol. The van der Waals surface area contributed by atoms with Gasteiger partial charge in [-0.2, -0.15) is 0 Å².